The molecule has 4 aromatic rings. The van der Waals surface area contributed by atoms with Gasteiger partial charge in [-0.2, -0.15) is 10.1 Å². The van der Waals surface area contributed by atoms with E-state index >= 15 is 0 Å². The van der Waals surface area contributed by atoms with Crippen molar-refractivity contribution in [2.75, 3.05) is 24.1 Å². The third-order valence-corrected chi connectivity index (χ3v) is 5.67. The second-order valence-electron chi connectivity index (χ2n) is 7.61. The number of benzene rings is 1. The van der Waals surface area contributed by atoms with E-state index in [9.17, 15) is 4.79 Å². The zero-order valence-electron chi connectivity index (χ0n) is 17.3. The van der Waals surface area contributed by atoms with Crippen LogP contribution in [-0.4, -0.2) is 48.6 Å². The van der Waals surface area contributed by atoms with E-state index in [2.05, 4.69) is 36.5 Å². The van der Waals surface area contributed by atoms with Crippen LogP contribution in [0.25, 0.3) is 22.1 Å². The van der Waals surface area contributed by atoms with E-state index in [1.54, 1.807) is 22.9 Å². The first-order valence-corrected chi connectivity index (χ1v) is 10.6. The van der Waals surface area contributed by atoms with E-state index in [0.717, 1.165) is 25.9 Å². The molecule has 3 N–H and O–H groups in total. The number of nitrogens with two attached hydrogens (primary N) is 1. The van der Waals surface area contributed by atoms with Crippen molar-refractivity contribution in [2.24, 2.45) is 0 Å². The van der Waals surface area contributed by atoms with E-state index in [1.165, 1.54) is 6.33 Å². The molecular formula is C21H21ClN8O2. The van der Waals surface area contributed by atoms with Crippen LogP contribution in [0.15, 0.2) is 41.2 Å². The van der Waals surface area contributed by atoms with E-state index in [0.29, 0.717) is 27.2 Å². The van der Waals surface area contributed by atoms with Gasteiger partial charge in [0, 0.05) is 18.1 Å². The first kappa shape index (κ1) is 20.3. The van der Waals surface area contributed by atoms with Crippen LogP contribution >= 0.6 is 11.6 Å². The third-order valence-electron chi connectivity index (χ3n) is 5.44. The van der Waals surface area contributed by atoms with Gasteiger partial charge in [-0.05, 0) is 44.2 Å². The Balaban J connectivity index is 1.51. The predicted octanol–water partition coefficient (Wildman–Crippen LogP) is 3.63. The summed E-state index contributed by atoms with van der Waals surface area (Å²) >= 11 is 6.00. The summed E-state index contributed by atoms with van der Waals surface area (Å²) in [6.07, 6.45) is 7.38. The van der Waals surface area contributed by atoms with Gasteiger partial charge in [0.15, 0.2) is 16.9 Å². The Labute approximate surface area is 188 Å². The Hall–Kier alpha value is -3.66. The van der Waals surface area contributed by atoms with E-state index in [-0.39, 0.29) is 23.6 Å². The lowest BCUT2D eigenvalue weighted by molar-refractivity contribution is 0.101. The summed E-state index contributed by atoms with van der Waals surface area (Å²) in [6, 6.07) is 5.13. The molecule has 0 bridgehead atoms. The molecule has 1 amide bonds. The van der Waals surface area contributed by atoms with Gasteiger partial charge in [0.25, 0.3) is 5.91 Å². The fourth-order valence-corrected chi connectivity index (χ4v) is 4.21. The topological polar surface area (TPSA) is 128 Å². The number of nitrogens with one attached hydrogen (secondary N) is 1. The molecule has 3 aromatic heterocycles. The maximum absolute atomic E-state index is 13.1. The number of hydrogen-bond acceptors (Lipinski definition) is 8. The molecule has 1 saturated heterocycles. The zero-order valence-corrected chi connectivity index (χ0v) is 18.1. The van der Waals surface area contributed by atoms with Gasteiger partial charge in [0.05, 0.1) is 11.4 Å². The lowest BCUT2D eigenvalue weighted by atomic mass is 10.1. The number of amides is 1. The van der Waals surface area contributed by atoms with Crippen LogP contribution in [0.5, 0.6) is 0 Å². The van der Waals surface area contributed by atoms with Gasteiger partial charge < -0.3 is 15.1 Å². The molecule has 1 aromatic carbocycles. The largest absolute Gasteiger partial charge is 0.423 e. The van der Waals surface area contributed by atoms with Gasteiger partial charge in [0.2, 0.25) is 0 Å². The highest BCUT2D eigenvalue weighted by Gasteiger charge is 2.28. The SMILES string of the molecule is CC=CN1CCC[C@@H](n2nc(C(=O)Nc3nc4cc(Cl)ccc4o3)c3c(N)ncnc32)C1. The first-order chi connectivity index (χ1) is 15.5. The van der Waals surface area contributed by atoms with Crippen LogP contribution in [0.3, 0.4) is 0 Å². The molecule has 164 valence electrons. The Morgan fingerprint density at radius 1 is 1.38 bits per heavy atom. The number of halogens is 1. The number of fused-ring (bicyclic) bond motifs is 2. The summed E-state index contributed by atoms with van der Waals surface area (Å²) in [4.78, 5) is 28.1. The molecule has 11 heteroatoms. The smallest absolute Gasteiger partial charge is 0.302 e. The molecule has 1 aliphatic heterocycles. The van der Waals surface area contributed by atoms with Crippen molar-refractivity contribution in [3.8, 4) is 0 Å². The van der Waals surface area contributed by atoms with Gasteiger partial charge in [-0.3, -0.25) is 10.1 Å². The lowest BCUT2D eigenvalue weighted by Crippen LogP contribution is -2.33. The summed E-state index contributed by atoms with van der Waals surface area (Å²) in [7, 11) is 0. The molecule has 1 aliphatic rings. The fraction of sp³-hybridized carbons (Fsp3) is 0.286. The quantitative estimate of drug-likeness (QED) is 0.480. The standard InChI is InChI=1S/C21H21ClN8O2/c1-2-7-29-8-3-4-13(10-29)30-19-16(18(23)24-11-25-19)17(28-30)20(31)27-21-26-14-9-12(22)5-6-15(14)32-21/h2,5-7,9,11,13H,3-4,8,10H2,1H3,(H2,23,24,25)(H,26,27,31)/t13-/m1/s1. The minimum absolute atomic E-state index is 0.0438. The van der Waals surface area contributed by atoms with Crippen molar-refractivity contribution in [1.82, 2.24) is 29.6 Å². The van der Waals surface area contributed by atoms with E-state index in [1.807, 2.05) is 13.0 Å². The van der Waals surface area contributed by atoms with Gasteiger partial charge in [0.1, 0.15) is 17.7 Å². The predicted molar refractivity (Wildman–Crippen MR) is 121 cm³/mol. The third kappa shape index (κ3) is 3.62. The number of oxazole rings is 1. The molecule has 1 fully saturated rings. The summed E-state index contributed by atoms with van der Waals surface area (Å²) in [5.41, 5.74) is 7.83. The van der Waals surface area contributed by atoms with Gasteiger partial charge in [-0.15, -0.1) is 0 Å². The van der Waals surface area contributed by atoms with Crippen molar-refractivity contribution in [3.05, 3.63) is 47.5 Å². The molecule has 1 atom stereocenters. The fourth-order valence-electron chi connectivity index (χ4n) is 4.05. The molecule has 0 saturated carbocycles. The highest BCUT2D eigenvalue weighted by atomic mass is 35.5. The number of carbonyl (C=O) groups excluding carboxylic acids is 1. The number of piperidine rings is 1. The van der Waals surface area contributed by atoms with Crippen LogP contribution in [-0.2, 0) is 0 Å². The highest BCUT2D eigenvalue weighted by Crippen LogP contribution is 2.29. The number of hydrogen-bond donors (Lipinski definition) is 2. The van der Waals surface area contributed by atoms with Crippen LogP contribution in [0.2, 0.25) is 5.02 Å². The van der Waals surface area contributed by atoms with E-state index < -0.39 is 5.91 Å². The Bertz CT molecular complexity index is 1340. The monoisotopic (exact) mass is 452 g/mol. The average molecular weight is 453 g/mol. The summed E-state index contributed by atoms with van der Waals surface area (Å²) in [6.45, 7) is 3.73. The first-order valence-electron chi connectivity index (χ1n) is 10.3. The van der Waals surface area contributed by atoms with Crippen molar-refractivity contribution in [2.45, 2.75) is 25.8 Å². The van der Waals surface area contributed by atoms with Crippen molar-refractivity contribution in [1.29, 1.82) is 0 Å². The molecule has 5 rings (SSSR count). The van der Waals surface area contributed by atoms with Gasteiger partial charge >= 0.3 is 6.01 Å². The zero-order chi connectivity index (χ0) is 22.2. The number of nitrogens with zero attached hydrogens (tertiary/aromatic N) is 6. The summed E-state index contributed by atoms with van der Waals surface area (Å²) in [5, 5.41) is 8.21. The van der Waals surface area contributed by atoms with Gasteiger partial charge in [-0.1, -0.05) is 17.7 Å². The number of likely N-dealkylation sites (tertiary alicyclic amines) is 1. The molecule has 0 radical (unpaired) electrons. The second kappa shape index (κ2) is 8.12. The molecule has 10 nitrogen and oxygen atoms in total. The molecule has 0 unspecified atom stereocenters. The number of carbonyl (C=O) groups is 1. The lowest BCUT2D eigenvalue weighted by Gasteiger charge is -2.32. The number of allylic oxidation sites excluding steroid dienone is 1. The Morgan fingerprint density at radius 2 is 2.25 bits per heavy atom. The van der Waals surface area contributed by atoms with Crippen LogP contribution < -0.4 is 11.1 Å². The van der Waals surface area contributed by atoms with Crippen molar-refractivity contribution >= 4 is 51.5 Å². The molecule has 4 heterocycles. The summed E-state index contributed by atoms with van der Waals surface area (Å²) in [5.74, 6) is -0.314. The highest BCUT2D eigenvalue weighted by molar-refractivity contribution is 6.31. The molecule has 0 spiro atoms. The minimum Gasteiger partial charge on any atom is -0.423 e. The molecular weight excluding hydrogens is 432 g/mol. The second-order valence-corrected chi connectivity index (χ2v) is 8.05. The van der Waals surface area contributed by atoms with Crippen molar-refractivity contribution < 1.29 is 9.21 Å². The number of aromatic nitrogens is 5. The maximum Gasteiger partial charge on any atom is 0.302 e. The average Bonchev–Trinajstić information content (AvgIpc) is 3.36. The minimum atomic E-state index is -0.506. The normalized spacial score (nSPS) is 16.9. The summed E-state index contributed by atoms with van der Waals surface area (Å²) < 4.78 is 7.39. The Morgan fingerprint density at radius 3 is 3.09 bits per heavy atom. The van der Waals surface area contributed by atoms with Crippen LogP contribution in [0, 0.1) is 0 Å². The number of anilines is 2. The number of rotatable bonds is 4. The van der Waals surface area contributed by atoms with Crippen LogP contribution in [0.1, 0.15) is 36.3 Å². The van der Waals surface area contributed by atoms with Crippen LogP contribution in [0.4, 0.5) is 11.8 Å². The van der Waals surface area contributed by atoms with Gasteiger partial charge in [-0.25, -0.2) is 14.6 Å². The molecule has 0 aliphatic carbocycles. The Kier molecular flexibility index (Phi) is 5.14. The van der Waals surface area contributed by atoms with Crippen molar-refractivity contribution in [3.63, 3.8) is 0 Å². The molecule has 32 heavy (non-hydrogen) atoms. The number of nitrogen functional groups attached to an aromatic ring is 1. The maximum atomic E-state index is 13.1. The van der Waals surface area contributed by atoms with E-state index in [4.69, 9.17) is 21.8 Å².